The van der Waals surface area contributed by atoms with Gasteiger partial charge in [-0.25, -0.2) is 4.98 Å². The molecular weight excluding hydrogens is 264 g/mol. The molecule has 4 heteroatoms. The maximum atomic E-state index is 9.65. The van der Waals surface area contributed by atoms with Gasteiger partial charge in [0.25, 0.3) is 0 Å². The Bertz CT molecular complexity index is 772. The maximum absolute atomic E-state index is 9.65. The fourth-order valence-electron chi connectivity index (χ4n) is 2.33. The van der Waals surface area contributed by atoms with Gasteiger partial charge in [-0.3, -0.25) is 0 Å². The largest absolute Gasteiger partial charge is 0.508 e. The molecule has 1 heterocycles. The minimum absolute atomic E-state index is 0.232. The van der Waals surface area contributed by atoms with Crippen molar-refractivity contribution in [3.05, 3.63) is 60.3 Å². The molecule has 4 nitrogen and oxygen atoms in total. The second-order valence-corrected chi connectivity index (χ2v) is 4.73. The maximum Gasteiger partial charge on any atom is 0.134 e. The number of anilines is 1. The van der Waals surface area contributed by atoms with Crippen LogP contribution in [-0.4, -0.2) is 17.2 Å². The van der Waals surface area contributed by atoms with E-state index in [0.717, 1.165) is 27.9 Å². The molecule has 0 spiro atoms. The Kier molecular flexibility index (Phi) is 3.60. The quantitative estimate of drug-likeness (QED) is 0.767. The number of nitrogens with zero attached hydrogens (tertiary/aromatic N) is 1. The van der Waals surface area contributed by atoms with E-state index in [2.05, 4.69) is 10.3 Å². The molecule has 0 saturated heterocycles. The standard InChI is InChI=1S/C17H16N2O2/c1-21-16-5-3-2-4-13(16)11-19-17-15-10-14(20)7-6-12(15)8-9-18-17/h2-10,20H,11H2,1H3,(H,18,19). The van der Waals surface area contributed by atoms with Gasteiger partial charge in [0, 0.05) is 23.7 Å². The molecule has 0 aliphatic rings. The predicted molar refractivity (Wildman–Crippen MR) is 83.7 cm³/mol. The number of rotatable bonds is 4. The van der Waals surface area contributed by atoms with Crippen molar-refractivity contribution in [2.75, 3.05) is 12.4 Å². The summed E-state index contributed by atoms with van der Waals surface area (Å²) in [6, 6.07) is 15.0. The summed E-state index contributed by atoms with van der Waals surface area (Å²) in [5.41, 5.74) is 1.05. The van der Waals surface area contributed by atoms with Crippen molar-refractivity contribution in [2.24, 2.45) is 0 Å². The number of aromatic hydroxyl groups is 1. The van der Waals surface area contributed by atoms with E-state index in [-0.39, 0.29) is 5.75 Å². The van der Waals surface area contributed by atoms with E-state index < -0.39 is 0 Å². The van der Waals surface area contributed by atoms with E-state index in [4.69, 9.17) is 4.74 Å². The third-order valence-electron chi connectivity index (χ3n) is 3.39. The summed E-state index contributed by atoms with van der Waals surface area (Å²) >= 11 is 0. The summed E-state index contributed by atoms with van der Waals surface area (Å²) < 4.78 is 5.34. The Morgan fingerprint density at radius 1 is 1.14 bits per heavy atom. The van der Waals surface area contributed by atoms with E-state index in [1.807, 2.05) is 36.4 Å². The van der Waals surface area contributed by atoms with Crippen molar-refractivity contribution < 1.29 is 9.84 Å². The Labute approximate surface area is 123 Å². The van der Waals surface area contributed by atoms with E-state index in [9.17, 15) is 5.11 Å². The monoisotopic (exact) mass is 280 g/mol. The third kappa shape index (κ3) is 2.74. The first-order chi connectivity index (χ1) is 10.3. The normalized spacial score (nSPS) is 10.5. The third-order valence-corrected chi connectivity index (χ3v) is 3.39. The summed E-state index contributed by atoms with van der Waals surface area (Å²) in [7, 11) is 1.66. The van der Waals surface area contributed by atoms with Crippen molar-refractivity contribution in [1.29, 1.82) is 0 Å². The van der Waals surface area contributed by atoms with Gasteiger partial charge in [0.2, 0.25) is 0 Å². The average molecular weight is 280 g/mol. The molecule has 0 fully saturated rings. The summed E-state index contributed by atoms with van der Waals surface area (Å²) in [4.78, 5) is 4.36. The number of methoxy groups -OCH3 is 1. The molecule has 0 atom stereocenters. The lowest BCUT2D eigenvalue weighted by Gasteiger charge is -2.11. The Morgan fingerprint density at radius 3 is 2.86 bits per heavy atom. The topological polar surface area (TPSA) is 54.4 Å². The zero-order valence-electron chi connectivity index (χ0n) is 11.7. The minimum atomic E-state index is 0.232. The number of aromatic nitrogens is 1. The molecule has 106 valence electrons. The molecule has 0 saturated carbocycles. The lowest BCUT2D eigenvalue weighted by Crippen LogP contribution is -2.03. The number of hydrogen-bond acceptors (Lipinski definition) is 4. The Morgan fingerprint density at radius 2 is 2.00 bits per heavy atom. The van der Waals surface area contributed by atoms with Crippen molar-refractivity contribution in [3.63, 3.8) is 0 Å². The number of phenols is 1. The SMILES string of the molecule is COc1ccccc1CNc1nccc2ccc(O)cc12. The van der Waals surface area contributed by atoms with Crippen LogP contribution in [0, 0.1) is 0 Å². The van der Waals surface area contributed by atoms with E-state index in [0.29, 0.717) is 6.54 Å². The molecule has 2 N–H and O–H groups in total. The first kappa shape index (κ1) is 13.2. The van der Waals surface area contributed by atoms with Crippen LogP contribution in [0.15, 0.2) is 54.7 Å². The fourth-order valence-corrected chi connectivity index (χ4v) is 2.33. The smallest absolute Gasteiger partial charge is 0.134 e. The molecule has 0 bridgehead atoms. The number of para-hydroxylation sites is 1. The lowest BCUT2D eigenvalue weighted by molar-refractivity contribution is 0.410. The highest BCUT2D eigenvalue weighted by Gasteiger charge is 2.05. The summed E-state index contributed by atoms with van der Waals surface area (Å²) in [5, 5.41) is 14.9. The van der Waals surface area contributed by atoms with Crippen LogP contribution < -0.4 is 10.1 Å². The van der Waals surface area contributed by atoms with Crippen LogP contribution in [0.2, 0.25) is 0 Å². The lowest BCUT2D eigenvalue weighted by atomic mass is 10.1. The van der Waals surface area contributed by atoms with Gasteiger partial charge < -0.3 is 15.2 Å². The molecule has 0 aliphatic heterocycles. The molecule has 1 aromatic heterocycles. The summed E-state index contributed by atoms with van der Waals surface area (Å²) in [6.07, 6.45) is 1.75. The van der Waals surface area contributed by atoms with Gasteiger partial charge in [0.1, 0.15) is 17.3 Å². The van der Waals surface area contributed by atoms with Crippen molar-refractivity contribution in [1.82, 2.24) is 4.98 Å². The van der Waals surface area contributed by atoms with E-state index in [1.54, 1.807) is 25.4 Å². The highest BCUT2D eigenvalue weighted by Crippen LogP contribution is 2.26. The van der Waals surface area contributed by atoms with Crippen LogP contribution in [0.3, 0.4) is 0 Å². The number of phenolic OH excluding ortho intramolecular Hbond substituents is 1. The first-order valence-corrected chi connectivity index (χ1v) is 6.71. The van der Waals surface area contributed by atoms with Crippen molar-refractivity contribution in [3.8, 4) is 11.5 Å². The highest BCUT2D eigenvalue weighted by atomic mass is 16.5. The molecule has 3 aromatic rings. The fraction of sp³-hybridized carbons (Fsp3) is 0.118. The Hall–Kier alpha value is -2.75. The van der Waals surface area contributed by atoms with Crippen LogP contribution in [0.4, 0.5) is 5.82 Å². The van der Waals surface area contributed by atoms with Crippen LogP contribution in [-0.2, 0) is 6.54 Å². The van der Waals surface area contributed by atoms with Gasteiger partial charge in [-0.15, -0.1) is 0 Å². The van der Waals surface area contributed by atoms with Gasteiger partial charge in [-0.1, -0.05) is 24.3 Å². The number of pyridine rings is 1. The van der Waals surface area contributed by atoms with E-state index in [1.165, 1.54) is 0 Å². The average Bonchev–Trinajstić information content (AvgIpc) is 2.53. The predicted octanol–water partition coefficient (Wildman–Crippen LogP) is 3.56. The van der Waals surface area contributed by atoms with Crippen LogP contribution in [0.5, 0.6) is 11.5 Å². The molecule has 0 unspecified atom stereocenters. The van der Waals surface area contributed by atoms with Gasteiger partial charge in [-0.2, -0.15) is 0 Å². The Balaban J connectivity index is 1.90. The highest BCUT2D eigenvalue weighted by molar-refractivity contribution is 5.92. The molecule has 2 aromatic carbocycles. The van der Waals surface area contributed by atoms with Crippen LogP contribution in [0.25, 0.3) is 10.8 Å². The van der Waals surface area contributed by atoms with Crippen LogP contribution >= 0.6 is 0 Å². The molecule has 0 radical (unpaired) electrons. The molecule has 21 heavy (non-hydrogen) atoms. The summed E-state index contributed by atoms with van der Waals surface area (Å²) in [6.45, 7) is 0.603. The zero-order chi connectivity index (χ0) is 14.7. The number of fused-ring (bicyclic) bond motifs is 1. The van der Waals surface area contributed by atoms with Crippen LogP contribution in [0.1, 0.15) is 5.56 Å². The number of ether oxygens (including phenoxy) is 1. The van der Waals surface area contributed by atoms with E-state index >= 15 is 0 Å². The second-order valence-electron chi connectivity index (χ2n) is 4.73. The zero-order valence-corrected chi connectivity index (χ0v) is 11.7. The first-order valence-electron chi connectivity index (χ1n) is 6.71. The molecule has 3 rings (SSSR count). The summed E-state index contributed by atoms with van der Waals surface area (Å²) in [5.74, 6) is 1.82. The number of nitrogens with one attached hydrogen (secondary N) is 1. The van der Waals surface area contributed by atoms with Gasteiger partial charge in [-0.05, 0) is 29.7 Å². The second kappa shape index (κ2) is 5.71. The number of benzene rings is 2. The van der Waals surface area contributed by atoms with Crippen molar-refractivity contribution >= 4 is 16.6 Å². The van der Waals surface area contributed by atoms with Crippen molar-refractivity contribution in [2.45, 2.75) is 6.54 Å². The van der Waals surface area contributed by atoms with Gasteiger partial charge in [0.05, 0.1) is 7.11 Å². The molecule has 0 amide bonds. The molecule has 0 aliphatic carbocycles. The van der Waals surface area contributed by atoms with Gasteiger partial charge in [0.15, 0.2) is 0 Å². The minimum Gasteiger partial charge on any atom is -0.508 e. The number of hydrogen-bond donors (Lipinski definition) is 2. The molecular formula is C17H16N2O2. The van der Waals surface area contributed by atoms with Gasteiger partial charge >= 0.3 is 0 Å².